The summed E-state index contributed by atoms with van der Waals surface area (Å²) in [6.07, 6.45) is 5.22. The topological polar surface area (TPSA) is 24.9 Å². The van der Waals surface area contributed by atoms with Gasteiger partial charge in [0.1, 0.15) is 0 Å². The predicted octanol–water partition coefficient (Wildman–Crippen LogP) is 3.36. The summed E-state index contributed by atoms with van der Waals surface area (Å²) < 4.78 is 0. The normalized spacial score (nSPS) is 12.8. The Bertz CT molecular complexity index is 359. The molecule has 0 aromatic carbocycles. The van der Waals surface area contributed by atoms with E-state index in [2.05, 4.69) is 40.1 Å². The molecule has 0 aliphatic carbocycles. The number of hydrogen-bond donors (Lipinski definition) is 1. The first-order valence-electron chi connectivity index (χ1n) is 6.02. The van der Waals surface area contributed by atoms with Crippen molar-refractivity contribution in [2.45, 2.75) is 32.2 Å². The van der Waals surface area contributed by atoms with Gasteiger partial charge in [0.05, 0.1) is 5.01 Å². The van der Waals surface area contributed by atoms with Crippen molar-refractivity contribution >= 4 is 22.7 Å². The van der Waals surface area contributed by atoms with Crippen LogP contribution in [0.15, 0.2) is 29.1 Å². The Morgan fingerprint density at radius 1 is 1.29 bits per heavy atom. The minimum atomic E-state index is 0.514. The van der Waals surface area contributed by atoms with E-state index >= 15 is 0 Å². The van der Waals surface area contributed by atoms with E-state index in [1.54, 1.807) is 11.3 Å². The van der Waals surface area contributed by atoms with Crippen LogP contribution in [0.5, 0.6) is 0 Å². The van der Waals surface area contributed by atoms with Gasteiger partial charge in [0, 0.05) is 28.9 Å². The van der Waals surface area contributed by atoms with Crippen molar-refractivity contribution in [1.29, 1.82) is 0 Å². The van der Waals surface area contributed by atoms with Gasteiger partial charge >= 0.3 is 0 Å². The van der Waals surface area contributed by atoms with E-state index in [1.807, 2.05) is 17.5 Å². The van der Waals surface area contributed by atoms with E-state index in [4.69, 9.17) is 0 Å². The van der Waals surface area contributed by atoms with Crippen molar-refractivity contribution < 1.29 is 0 Å². The van der Waals surface area contributed by atoms with Gasteiger partial charge in [0.2, 0.25) is 0 Å². The maximum Gasteiger partial charge on any atom is 0.0940 e. The minimum absolute atomic E-state index is 0.514. The summed E-state index contributed by atoms with van der Waals surface area (Å²) in [5.41, 5.74) is 0. The molecule has 0 spiro atoms. The second-order valence-electron chi connectivity index (χ2n) is 4.06. The van der Waals surface area contributed by atoms with E-state index < -0.39 is 0 Å². The number of hydrogen-bond acceptors (Lipinski definition) is 4. The van der Waals surface area contributed by atoms with Crippen LogP contribution in [0.25, 0.3) is 0 Å². The van der Waals surface area contributed by atoms with Crippen molar-refractivity contribution in [3.8, 4) is 0 Å². The first-order valence-corrected chi connectivity index (χ1v) is 7.78. The van der Waals surface area contributed by atoms with Gasteiger partial charge in [-0.05, 0) is 30.8 Å². The smallest absolute Gasteiger partial charge is 0.0940 e. The molecular formula is C13H18N2S2. The van der Waals surface area contributed by atoms with Crippen molar-refractivity contribution in [2.24, 2.45) is 0 Å². The maximum absolute atomic E-state index is 4.38. The molecule has 4 heteroatoms. The Kier molecular flexibility index (Phi) is 5.16. The second-order valence-corrected chi connectivity index (χ2v) is 6.08. The van der Waals surface area contributed by atoms with Crippen molar-refractivity contribution in [2.75, 3.05) is 6.54 Å². The highest BCUT2D eigenvalue weighted by Gasteiger charge is 2.11. The quantitative estimate of drug-likeness (QED) is 0.831. The lowest BCUT2D eigenvalue weighted by Gasteiger charge is -2.16. The molecule has 92 valence electrons. The lowest BCUT2D eigenvalue weighted by molar-refractivity contribution is 0.506. The van der Waals surface area contributed by atoms with E-state index in [0.29, 0.717) is 6.04 Å². The SMILES string of the molecule is CCCNC(Cc1cccs1)Cc1nccs1. The van der Waals surface area contributed by atoms with Gasteiger partial charge < -0.3 is 5.32 Å². The van der Waals surface area contributed by atoms with E-state index in [0.717, 1.165) is 19.4 Å². The Morgan fingerprint density at radius 2 is 2.24 bits per heavy atom. The van der Waals surface area contributed by atoms with Gasteiger partial charge in [0.15, 0.2) is 0 Å². The van der Waals surface area contributed by atoms with Gasteiger partial charge in [-0.15, -0.1) is 22.7 Å². The Balaban J connectivity index is 1.92. The summed E-state index contributed by atoms with van der Waals surface area (Å²) in [7, 11) is 0. The van der Waals surface area contributed by atoms with Crippen LogP contribution in [0, 0.1) is 0 Å². The number of thiophene rings is 1. The van der Waals surface area contributed by atoms with Gasteiger partial charge in [-0.3, -0.25) is 0 Å². The van der Waals surface area contributed by atoms with Crippen molar-refractivity contribution in [3.63, 3.8) is 0 Å². The standard InChI is InChI=1S/C13H18N2S2/c1-2-5-14-11(9-12-4-3-7-16-12)10-13-15-6-8-17-13/h3-4,6-8,11,14H,2,5,9-10H2,1H3. The minimum Gasteiger partial charge on any atom is -0.313 e. The fraction of sp³-hybridized carbons (Fsp3) is 0.462. The molecule has 2 aromatic heterocycles. The number of thiazole rings is 1. The molecule has 2 rings (SSSR count). The summed E-state index contributed by atoms with van der Waals surface area (Å²) in [5.74, 6) is 0. The summed E-state index contributed by atoms with van der Waals surface area (Å²) >= 11 is 3.59. The van der Waals surface area contributed by atoms with Gasteiger partial charge in [-0.25, -0.2) is 4.98 Å². The third-order valence-electron chi connectivity index (χ3n) is 2.62. The Morgan fingerprint density at radius 3 is 2.88 bits per heavy atom. The lowest BCUT2D eigenvalue weighted by Crippen LogP contribution is -2.33. The number of nitrogens with zero attached hydrogens (tertiary/aromatic N) is 1. The number of nitrogens with one attached hydrogen (secondary N) is 1. The van der Waals surface area contributed by atoms with Crippen molar-refractivity contribution in [1.82, 2.24) is 10.3 Å². The molecule has 2 aromatic rings. The number of aromatic nitrogens is 1. The maximum atomic E-state index is 4.38. The molecule has 0 fully saturated rings. The van der Waals surface area contributed by atoms with Crippen molar-refractivity contribution in [3.05, 3.63) is 39.0 Å². The highest BCUT2D eigenvalue weighted by atomic mass is 32.1. The van der Waals surface area contributed by atoms with Crippen LogP contribution in [0.3, 0.4) is 0 Å². The van der Waals surface area contributed by atoms with E-state index in [-0.39, 0.29) is 0 Å². The molecule has 17 heavy (non-hydrogen) atoms. The molecule has 2 nitrogen and oxygen atoms in total. The van der Waals surface area contributed by atoms with Gasteiger partial charge in [0.25, 0.3) is 0 Å². The molecule has 0 bridgehead atoms. The first kappa shape index (κ1) is 12.7. The van der Waals surface area contributed by atoms with Gasteiger partial charge in [-0.2, -0.15) is 0 Å². The lowest BCUT2D eigenvalue weighted by atomic mass is 10.1. The van der Waals surface area contributed by atoms with Gasteiger partial charge in [-0.1, -0.05) is 13.0 Å². The average molecular weight is 266 g/mol. The predicted molar refractivity (Wildman–Crippen MR) is 75.9 cm³/mol. The fourth-order valence-electron chi connectivity index (χ4n) is 1.80. The summed E-state index contributed by atoms with van der Waals surface area (Å²) in [5, 5.41) is 9.05. The van der Waals surface area contributed by atoms with Crippen LogP contribution >= 0.6 is 22.7 Å². The van der Waals surface area contributed by atoms with E-state index in [1.165, 1.54) is 16.3 Å². The average Bonchev–Trinajstić information content (AvgIpc) is 2.99. The molecule has 1 N–H and O–H groups in total. The highest BCUT2D eigenvalue weighted by molar-refractivity contribution is 7.10. The fourth-order valence-corrected chi connectivity index (χ4v) is 3.29. The molecule has 0 aliphatic heterocycles. The molecule has 2 heterocycles. The van der Waals surface area contributed by atoms with Crippen LogP contribution in [-0.2, 0) is 12.8 Å². The molecule has 0 amide bonds. The third-order valence-corrected chi connectivity index (χ3v) is 4.32. The first-order chi connectivity index (χ1) is 8.38. The monoisotopic (exact) mass is 266 g/mol. The molecule has 0 aliphatic rings. The third kappa shape index (κ3) is 4.22. The Labute approximate surface area is 111 Å². The van der Waals surface area contributed by atoms with E-state index in [9.17, 15) is 0 Å². The molecular weight excluding hydrogens is 248 g/mol. The zero-order valence-electron chi connectivity index (χ0n) is 10.1. The zero-order chi connectivity index (χ0) is 11.9. The molecule has 0 radical (unpaired) electrons. The summed E-state index contributed by atoms with van der Waals surface area (Å²) in [4.78, 5) is 5.83. The Hall–Kier alpha value is -0.710. The van der Waals surface area contributed by atoms with Crippen LogP contribution in [-0.4, -0.2) is 17.6 Å². The molecule has 1 atom stereocenters. The molecule has 1 unspecified atom stereocenters. The largest absolute Gasteiger partial charge is 0.313 e. The van der Waals surface area contributed by atoms with Crippen LogP contribution in [0.1, 0.15) is 23.2 Å². The zero-order valence-corrected chi connectivity index (χ0v) is 11.7. The molecule has 0 saturated heterocycles. The molecule has 0 saturated carbocycles. The van der Waals surface area contributed by atoms with Crippen LogP contribution < -0.4 is 5.32 Å². The summed E-state index contributed by atoms with van der Waals surface area (Å²) in [6, 6.07) is 4.85. The van der Waals surface area contributed by atoms with Crippen LogP contribution in [0.2, 0.25) is 0 Å². The van der Waals surface area contributed by atoms with Crippen LogP contribution in [0.4, 0.5) is 0 Å². The number of rotatable bonds is 7. The second kappa shape index (κ2) is 6.89. The summed E-state index contributed by atoms with van der Waals surface area (Å²) in [6.45, 7) is 3.29. The highest BCUT2D eigenvalue weighted by Crippen LogP contribution is 2.15.